The SMILES string of the molecule is Cc1ccccc1C(=O)NC(C)c1ccc(S(C)(=O)=O)cc1. The van der Waals surface area contributed by atoms with Crippen LogP contribution in [0.2, 0.25) is 0 Å². The lowest BCUT2D eigenvalue weighted by Crippen LogP contribution is -2.27. The third-order valence-electron chi connectivity index (χ3n) is 3.55. The average Bonchev–Trinajstić information content (AvgIpc) is 2.46. The van der Waals surface area contributed by atoms with Crippen LogP contribution in [-0.4, -0.2) is 20.6 Å². The number of nitrogens with one attached hydrogen (secondary N) is 1. The molecule has 0 saturated carbocycles. The molecular formula is C17H19NO3S. The highest BCUT2D eigenvalue weighted by Crippen LogP contribution is 2.17. The van der Waals surface area contributed by atoms with Crippen molar-refractivity contribution in [2.24, 2.45) is 0 Å². The van der Waals surface area contributed by atoms with Crippen molar-refractivity contribution < 1.29 is 13.2 Å². The Morgan fingerprint density at radius 2 is 1.64 bits per heavy atom. The van der Waals surface area contributed by atoms with Gasteiger partial charge in [0.05, 0.1) is 10.9 Å². The minimum absolute atomic E-state index is 0.141. The summed E-state index contributed by atoms with van der Waals surface area (Å²) < 4.78 is 22.9. The van der Waals surface area contributed by atoms with Gasteiger partial charge in [0.2, 0.25) is 0 Å². The summed E-state index contributed by atoms with van der Waals surface area (Å²) >= 11 is 0. The Labute approximate surface area is 131 Å². The Kier molecular flexibility index (Phi) is 4.66. The first-order chi connectivity index (χ1) is 10.3. The van der Waals surface area contributed by atoms with Gasteiger partial charge in [-0.15, -0.1) is 0 Å². The van der Waals surface area contributed by atoms with E-state index in [0.717, 1.165) is 11.1 Å². The lowest BCUT2D eigenvalue weighted by Gasteiger charge is -2.15. The van der Waals surface area contributed by atoms with E-state index in [2.05, 4.69) is 5.32 Å². The molecule has 0 aliphatic heterocycles. The van der Waals surface area contributed by atoms with Crippen LogP contribution < -0.4 is 5.32 Å². The van der Waals surface area contributed by atoms with E-state index in [9.17, 15) is 13.2 Å². The molecule has 0 aromatic heterocycles. The molecule has 4 nitrogen and oxygen atoms in total. The van der Waals surface area contributed by atoms with Gasteiger partial charge in [0.15, 0.2) is 9.84 Å². The van der Waals surface area contributed by atoms with E-state index >= 15 is 0 Å². The van der Waals surface area contributed by atoms with Gasteiger partial charge in [-0.3, -0.25) is 4.79 Å². The maximum absolute atomic E-state index is 12.3. The Balaban J connectivity index is 2.14. The van der Waals surface area contributed by atoms with Gasteiger partial charge < -0.3 is 5.32 Å². The Morgan fingerprint density at radius 3 is 2.18 bits per heavy atom. The van der Waals surface area contributed by atoms with Crippen LogP contribution in [0.4, 0.5) is 0 Å². The molecule has 1 N–H and O–H groups in total. The molecule has 0 bridgehead atoms. The molecule has 0 aliphatic rings. The van der Waals surface area contributed by atoms with Crippen LogP contribution in [-0.2, 0) is 9.84 Å². The van der Waals surface area contributed by atoms with Crippen LogP contribution in [0.5, 0.6) is 0 Å². The van der Waals surface area contributed by atoms with Crippen molar-refractivity contribution in [3.63, 3.8) is 0 Å². The standard InChI is InChI=1S/C17H19NO3S/c1-12-6-4-5-7-16(12)17(19)18-13(2)14-8-10-15(11-9-14)22(3,20)21/h4-11,13H,1-3H3,(H,18,19). The molecule has 2 aromatic carbocycles. The van der Waals surface area contributed by atoms with Crippen molar-refractivity contribution in [1.29, 1.82) is 0 Å². The molecule has 22 heavy (non-hydrogen) atoms. The zero-order valence-electron chi connectivity index (χ0n) is 12.8. The topological polar surface area (TPSA) is 63.2 Å². The van der Waals surface area contributed by atoms with Gasteiger partial charge in [0, 0.05) is 11.8 Å². The van der Waals surface area contributed by atoms with Crippen LogP contribution in [0, 0.1) is 6.92 Å². The number of rotatable bonds is 4. The summed E-state index contributed by atoms with van der Waals surface area (Å²) in [5, 5.41) is 2.92. The lowest BCUT2D eigenvalue weighted by atomic mass is 10.1. The minimum Gasteiger partial charge on any atom is -0.346 e. The van der Waals surface area contributed by atoms with Gasteiger partial charge in [-0.2, -0.15) is 0 Å². The molecule has 1 atom stereocenters. The molecule has 5 heteroatoms. The monoisotopic (exact) mass is 317 g/mol. The van der Waals surface area contributed by atoms with Gasteiger partial charge in [0.1, 0.15) is 0 Å². The summed E-state index contributed by atoms with van der Waals surface area (Å²) in [6.07, 6.45) is 1.17. The van der Waals surface area contributed by atoms with E-state index in [4.69, 9.17) is 0 Å². The highest BCUT2D eigenvalue weighted by Gasteiger charge is 2.14. The molecule has 0 saturated heterocycles. The van der Waals surface area contributed by atoms with Gasteiger partial charge in [-0.05, 0) is 43.2 Å². The van der Waals surface area contributed by atoms with E-state index in [1.807, 2.05) is 32.0 Å². The smallest absolute Gasteiger partial charge is 0.252 e. The van der Waals surface area contributed by atoms with Gasteiger partial charge in [0.25, 0.3) is 5.91 Å². The first-order valence-corrected chi connectivity index (χ1v) is 8.84. The number of benzene rings is 2. The molecule has 0 spiro atoms. The molecule has 2 rings (SSSR count). The van der Waals surface area contributed by atoms with Crippen molar-refractivity contribution in [3.8, 4) is 0 Å². The number of sulfone groups is 1. The summed E-state index contributed by atoms with van der Waals surface area (Å²) in [7, 11) is -3.20. The number of carbonyl (C=O) groups is 1. The van der Waals surface area contributed by atoms with Crippen LogP contribution in [0.15, 0.2) is 53.4 Å². The molecule has 1 amide bonds. The Morgan fingerprint density at radius 1 is 1.05 bits per heavy atom. The van der Waals surface area contributed by atoms with E-state index in [-0.39, 0.29) is 16.8 Å². The lowest BCUT2D eigenvalue weighted by molar-refractivity contribution is 0.0939. The molecule has 0 fully saturated rings. The van der Waals surface area contributed by atoms with Gasteiger partial charge in [-0.1, -0.05) is 30.3 Å². The summed E-state index contributed by atoms with van der Waals surface area (Å²) in [5.41, 5.74) is 2.41. The third kappa shape index (κ3) is 3.74. The summed E-state index contributed by atoms with van der Waals surface area (Å²) in [4.78, 5) is 12.5. The highest BCUT2D eigenvalue weighted by atomic mass is 32.2. The predicted molar refractivity (Wildman–Crippen MR) is 86.6 cm³/mol. The number of aryl methyl sites for hydroxylation is 1. The van der Waals surface area contributed by atoms with Crippen LogP contribution in [0.3, 0.4) is 0 Å². The van der Waals surface area contributed by atoms with Crippen LogP contribution in [0.1, 0.15) is 34.5 Å². The second kappa shape index (κ2) is 6.32. The molecule has 1 unspecified atom stereocenters. The average molecular weight is 317 g/mol. The molecule has 0 heterocycles. The van der Waals surface area contributed by atoms with Crippen molar-refractivity contribution >= 4 is 15.7 Å². The van der Waals surface area contributed by atoms with E-state index in [1.54, 1.807) is 30.3 Å². The number of hydrogen-bond donors (Lipinski definition) is 1. The van der Waals surface area contributed by atoms with Crippen molar-refractivity contribution in [3.05, 3.63) is 65.2 Å². The Bertz CT molecular complexity index is 780. The Hall–Kier alpha value is -2.14. The zero-order chi connectivity index (χ0) is 16.3. The van der Waals surface area contributed by atoms with Gasteiger partial charge >= 0.3 is 0 Å². The highest BCUT2D eigenvalue weighted by molar-refractivity contribution is 7.90. The summed E-state index contributed by atoms with van der Waals surface area (Å²) in [6, 6.07) is 13.7. The maximum Gasteiger partial charge on any atom is 0.252 e. The van der Waals surface area contributed by atoms with Crippen molar-refractivity contribution in [2.75, 3.05) is 6.26 Å². The number of carbonyl (C=O) groups excluding carboxylic acids is 1. The van der Waals surface area contributed by atoms with Crippen molar-refractivity contribution in [1.82, 2.24) is 5.32 Å². The van der Waals surface area contributed by atoms with Crippen LogP contribution in [0.25, 0.3) is 0 Å². The van der Waals surface area contributed by atoms with Gasteiger partial charge in [-0.25, -0.2) is 8.42 Å². The quantitative estimate of drug-likeness (QED) is 0.943. The minimum atomic E-state index is -3.20. The molecule has 0 radical (unpaired) electrons. The van der Waals surface area contributed by atoms with Crippen LogP contribution >= 0.6 is 0 Å². The second-order valence-electron chi connectivity index (χ2n) is 5.35. The number of hydrogen-bond acceptors (Lipinski definition) is 3. The van der Waals surface area contributed by atoms with Crippen molar-refractivity contribution in [2.45, 2.75) is 24.8 Å². The fourth-order valence-electron chi connectivity index (χ4n) is 2.19. The first-order valence-electron chi connectivity index (χ1n) is 6.95. The maximum atomic E-state index is 12.3. The molecule has 2 aromatic rings. The second-order valence-corrected chi connectivity index (χ2v) is 7.37. The normalized spacial score (nSPS) is 12.7. The molecule has 116 valence electrons. The summed E-state index contributed by atoms with van der Waals surface area (Å²) in [5.74, 6) is -0.141. The summed E-state index contributed by atoms with van der Waals surface area (Å²) in [6.45, 7) is 3.76. The predicted octanol–water partition coefficient (Wildman–Crippen LogP) is 2.89. The fourth-order valence-corrected chi connectivity index (χ4v) is 2.82. The fraction of sp³-hybridized carbons (Fsp3) is 0.235. The van der Waals surface area contributed by atoms with E-state index in [0.29, 0.717) is 5.56 Å². The van der Waals surface area contributed by atoms with E-state index in [1.165, 1.54) is 6.26 Å². The number of amides is 1. The third-order valence-corrected chi connectivity index (χ3v) is 4.67. The largest absolute Gasteiger partial charge is 0.346 e. The molecule has 0 aliphatic carbocycles. The van der Waals surface area contributed by atoms with E-state index < -0.39 is 9.84 Å². The molecular weight excluding hydrogens is 298 g/mol. The zero-order valence-corrected chi connectivity index (χ0v) is 13.6. The first kappa shape index (κ1) is 16.2.